The van der Waals surface area contributed by atoms with Gasteiger partial charge < -0.3 is 9.47 Å². The Morgan fingerprint density at radius 3 is 2.48 bits per heavy atom. The summed E-state index contributed by atoms with van der Waals surface area (Å²) >= 11 is 0. The van der Waals surface area contributed by atoms with Gasteiger partial charge in [-0.25, -0.2) is 14.2 Å². The average molecular weight is 311 g/mol. The lowest BCUT2D eigenvalue weighted by molar-refractivity contribution is -0.130. The number of esters is 1. The standard InChI is InChI=1S/C18H14FNO3/c1-22-15-8-4-12(5-9-15)10-16-18(21)23-17(20-16)11-13-2-6-14(19)7-3-13/h2-10H,11H2,1H3/b16-10+. The maximum Gasteiger partial charge on any atom is 0.363 e. The van der Waals surface area contributed by atoms with Gasteiger partial charge in [0.05, 0.1) is 7.11 Å². The van der Waals surface area contributed by atoms with Crippen LogP contribution in [-0.2, 0) is 16.0 Å². The van der Waals surface area contributed by atoms with E-state index < -0.39 is 5.97 Å². The minimum Gasteiger partial charge on any atom is -0.497 e. The minimum absolute atomic E-state index is 0.243. The van der Waals surface area contributed by atoms with Crippen LogP contribution in [0.2, 0.25) is 0 Å². The highest BCUT2D eigenvalue weighted by Crippen LogP contribution is 2.19. The fraction of sp³-hybridized carbons (Fsp3) is 0.111. The van der Waals surface area contributed by atoms with Gasteiger partial charge in [-0.05, 0) is 41.5 Å². The van der Waals surface area contributed by atoms with Crippen molar-refractivity contribution in [2.75, 3.05) is 7.11 Å². The van der Waals surface area contributed by atoms with Gasteiger partial charge in [0.2, 0.25) is 5.90 Å². The first-order valence-corrected chi connectivity index (χ1v) is 7.04. The quantitative estimate of drug-likeness (QED) is 0.642. The number of aliphatic imine (C=N–C) groups is 1. The third-order valence-electron chi connectivity index (χ3n) is 3.35. The summed E-state index contributed by atoms with van der Waals surface area (Å²) in [5.41, 5.74) is 1.89. The lowest BCUT2D eigenvalue weighted by Gasteiger charge is -1.99. The first-order chi connectivity index (χ1) is 11.1. The number of nitrogens with zero attached hydrogens (tertiary/aromatic N) is 1. The highest BCUT2D eigenvalue weighted by atomic mass is 19.1. The van der Waals surface area contributed by atoms with Crippen LogP contribution in [0.25, 0.3) is 6.08 Å². The third-order valence-corrected chi connectivity index (χ3v) is 3.35. The molecule has 0 saturated heterocycles. The number of methoxy groups -OCH3 is 1. The Morgan fingerprint density at radius 1 is 1.13 bits per heavy atom. The van der Waals surface area contributed by atoms with E-state index in [1.54, 1.807) is 37.5 Å². The Labute approximate surface area is 132 Å². The lowest BCUT2D eigenvalue weighted by atomic mass is 10.1. The summed E-state index contributed by atoms with van der Waals surface area (Å²) in [5, 5.41) is 0. The number of halogens is 1. The number of rotatable bonds is 4. The van der Waals surface area contributed by atoms with E-state index in [0.29, 0.717) is 12.3 Å². The molecule has 5 heteroatoms. The molecular formula is C18H14FNO3. The van der Waals surface area contributed by atoms with Gasteiger partial charge in [-0.2, -0.15) is 0 Å². The predicted molar refractivity (Wildman–Crippen MR) is 84.6 cm³/mol. The molecule has 1 aliphatic heterocycles. The third kappa shape index (κ3) is 3.63. The van der Waals surface area contributed by atoms with E-state index in [2.05, 4.69) is 4.99 Å². The molecule has 0 aromatic heterocycles. The zero-order chi connectivity index (χ0) is 16.2. The lowest BCUT2D eigenvalue weighted by Crippen LogP contribution is -2.06. The fourth-order valence-corrected chi connectivity index (χ4v) is 2.16. The number of carbonyl (C=O) groups excluding carboxylic acids is 1. The smallest absolute Gasteiger partial charge is 0.363 e. The molecular weight excluding hydrogens is 297 g/mol. The van der Waals surface area contributed by atoms with Gasteiger partial charge in [0, 0.05) is 6.42 Å². The molecule has 0 atom stereocenters. The summed E-state index contributed by atoms with van der Waals surface area (Å²) in [6.07, 6.45) is 1.99. The van der Waals surface area contributed by atoms with Crippen LogP contribution in [0.3, 0.4) is 0 Å². The predicted octanol–water partition coefficient (Wildman–Crippen LogP) is 3.37. The molecule has 0 radical (unpaired) electrons. The van der Waals surface area contributed by atoms with Gasteiger partial charge in [-0.1, -0.05) is 24.3 Å². The zero-order valence-electron chi connectivity index (χ0n) is 12.5. The largest absolute Gasteiger partial charge is 0.497 e. The highest BCUT2D eigenvalue weighted by molar-refractivity contribution is 6.07. The van der Waals surface area contributed by atoms with E-state index in [9.17, 15) is 9.18 Å². The monoisotopic (exact) mass is 311 g/mol. The summed E-state index contributed by atoms with van der Waals surface area (Å²) in [5.74, 6) is 0.250. The van der Waals surface area contributed by atoms with Gasteiger partial charge in [0.25, 0.3) is 0 Å². The van der Waals surface area contributed by atoms with Gasteiger partial charge in [0.1, 0.15) is 11.6 Å². The normalized spacial score (nSPS) is 15.5. The molecule has 0 unspecified atom stereocenters. The Bertz CT molecular complexity index is 777. The summed E-state index contributed by atoms with van der Waals surface area (Å²) in [6, 6.07) is 13.3. The second-order valence-corrected chi connectivity index (χ2v) is 5.00. The van der Waals surface area contributed by atoms with E-state index in [0.717, 1.165) is 16.9 Å². The van der Waals surface area contributed by atoms with Crippen molar-refractivity contribution in [1.29, 1.82) is 0 Å². The van der Waals surface area contributed by atoms with E-state index >= 15 is 0 Å². The topological polar surface area (TPSA) is 47.9 Å². The van der Waals surface area contributed by atoms with Gasteiger partial charge in [-0.3, -0.25) is 0 Å². The van der Waals surface area contributed by atoms with E-state index in [1.165, 1.54) is 12.1 Å². The Hall–Kier alpha value is -2.95. The number of hydrogen-bond donors (Lipinski definition) is 0. The first kappa shape index (κ1) is 15.0. The van der Waals surface area contributed by atoms with Crippen LogP contribution in [-0.4, -0.2) is 19.0 Å². The maximum absolute atomic E-state index is 12.9. The van der Waals surface area contributed by atoms with Crippen molar-refractivity contribution in [2.24, 2.45) is 4.99 Å². The van der Waals surface area contributed by atoms with Crippen LogP contribution < -0.4 is 4.74 Å². The minimum atomic E-state index is -0.488. The van der Waals surface area contributed by atoms with Crippen LogP contribution >= 0.6 is 0 Å². The fourth-order valence-electron chi connectivity index (χ4n) is 2.16. The number of hydrogen-bond acceptors (Lipinski definition) is 4. The number of ether oxygens (including phenoxy) is 2. The molecule has 23 heavy (non-hydrogen) atoms. The van der Waals surface area contributed by atoms with Gasteiger partial charge in [-0.15, -0.1) is 0 Å². The molecule has 0 aliphatic carbocycles. The maximum atomic E-state index is 12.9. The van der Waals surface area contributed by atoms with Crippen molar-refractivity contribution in [2.45, 2.75) is 6.42 Å². The summed E-state index contributed by atoms with van der Waals surface area (Å²) in [7, 11) is 1.59. The number of benzene rings is 2. The van der Waals surface area contributed by atoms with E-state index in [-0.39, 0.29) is 11.5 Å². The molecule has 3 rings (SSSR count). The molecule has 0 bridgehead atoms. The van der Waals surface area contributed by atoms with Crippen LogP contribution in [0, 0.1) is 5.82 Å². The molecule has 0 spiro atoms. The van der Waals surface area contributed by atoms with Crippen molar-refractivity contribution in [3.63, 3.8) is 0 Å². The van der Waals surface area contributed by atoms with Crippen LogP contribution in [0.4, 0.5) is 4.39 Å². The molecule has 4 nitrogen and oxygen atoms in total. The zero-order valence-corrected chi connectivity index (χ0v) is 12.5. The summed E-state index contributed by atoms with van der Waals surface area (Å²) in [6.45, 7) is 0. The van der Waals surface area contributed by atoms with Crippen molar-refractivity contribution < 1.29 is 18.7 Å². The molecule has 0 saturated carbocycles. The van der Waals surface area contributed by atoms with E-state index in [1.807, 2.05) is 12.1 Å². The second kappa shape index (κ2) is 6.44. The SMILES string of the molecule is COc1ccc(/C=C2/N=C(Cc3ccc(F)cc3)OC2=O)cc1. The molecule has 1 aliphatic rings. The highest BCUT2D eigenvalue weighted by Gasteiger charge is 2.22. The molecule has 2 aromatic rings. The van der Waals surface area contributed by atoms with Gasteiger partial charge >= 0.3 is 5.97 Å². The van der Waals surface area contributed by atoms with E-state index in [4.69, 9.17) is 9.47 Å². The number of carbonyl (C=O) groups is 1. The van der Waals surface area contributed by atoms with Crippen LogP contribution in [0.1, 0.15) is 11.1 Å². The summed E-state index contributed by atoms with van der Waals surface area (Å²) < 4.78 is 23.1. The molecule has 116 valence electrons. The molecule has 0 amide bonds. The Kier molecular flexibility index (Phi) is 4.19. The van der Waals surface area contributed by atoms with Crippen LogP contribution in [0.5, 0.6) is 5.75 Å². The first-order valence-electron chi connectivity index (χ1n) is 7.04. The van der Waals surface area contributed by atoms with Crippen molar-refractivity contribution >= 4 is 17.9 Å². The Morgan fingerprint density at radius 2 is 1.83 bits per heavy atom. The average Bonchev–Trinajstić information content (AvgIpc) is 2.90. The number of cyclic esters (lactones) is 1. The van der Waals surface area contributed by atoms with Crippen molar-refractivity contribution in [3.05, 3.63) is 71.2 Å². The molecule has 0 N–H and O–H groups in total. The van der Waals surface area contributed by atoms with Crippen LogP contribution in [0.15, 0.2) is 59.2 Å². The van der Waals surface area contributed by atoms with Gasteiger partial charge in [0.15, 0.2) is 5.70 Å². The Balaban J connectivity index is 1.77. The van der Waals surface area contributed by atoms with Crippen molar-refractivity contribution in [1.82, 2.24) is 0 Å². The summed E-state index contributed by atoms with van der Waals surface area (Å²) in [4.78, 5) is 16.1. The second-order valence-electron chi connectivity index (χ2n) is 5.00. The van der Waals surface area contributed by atoms with Crippen molar-refractivity contribution in [3.8, 4) is 5.75 Å². The molecule has 2 aromatic carbocycles. The molecule has 1 heterocycles. The molecule has 0 fully saturated rings.